The maximum Gasteiger partial charge on any atom is 0.306 e. The van der Waals surface area contributed by atoms with Gasteiger partial charge in [-0.15, -0.1) is 0 Å². The van der Waals surface area contributed by atoms with Gasteiger partial charge in [-0.2, -0.15) is 0 Å². The van der Waals surface area contributed by atoms with Crippen LogP contribution in [0.1, 0.15) is 23.1 Å². The lowest BCUT2D eigenvalue weighted by Crippen LogP contribution is -2.48. The van der Waals surface area contributed by atoms with E-state index in [0.717, 1.165) is 11.3 Å². The van der Waals surface area contributed by atoms with Crippen molar-refractivity contribution in [2.45, 2.75) is 25.7 Å². The van der Waals surface area contributed by atoms with E-state index in [1.807, 2.05) is 13.0 Å². The average Bonchev–Trinajstić information content (AvgIpc) is 2.36. The van der Waals surface area contributed by atoms with E-state index in [4.69, 9.17) is 14.2 Å². The van der Waals surface area contributed by atoms with Crippen LogP contribution >= 0.6 is 0 Å². The molecule has 0 radical (unpaired) electrons. The van der Waals surface area contributed by atoms with Crippen LogP contribution in [0.4, 0.5) is 0 Å². The van der Waals surface area contributed by atoms with Crippen LogP contribution in [0.25, 0.3) is 0 Å². The van der Waals surface area contributed by atoms with Crippen molar-refractivity contribution < 1.29 is 19.0 Å². The van der Waals surface area contributed by atoms with Crippen LogP contribution in [0.2, 0.25) is 0 Å². The second-order valence-corrected chi connectivity index (χ2v) is 5.16. The topological polar surface area (TPSA) is 44.8 Å². The van der Waals surface area contributed by atoms with Crippen LogP contribution in [-0.4, -0.2) is 33.4 Å². The van der Waals surface area contributed by atoms with Crippen molar-refractivity contribution in [1.29, 1.82) is 0 Å². The fourth-order valence-corrected chi connectivity index (χ4v) is 2.42. The largest absolute Gasteiger partial charge is 0.496 e. The third-order valence-corrected chi connectivity index (χ3v) is 3.85. The quantitative estimate of drug-likeness (QED) is 0.782. The fraction of sp³-hybridized carbons (Fsp3) is 0.533. The van der Waals surface area contributed by atoms with Crippen LogP contribution in [-0.2, 0) is 19.7 Å². The predicted molar refractivity (Wildman–Crippen MR) is 71.6 cm³/mol. The number of benzene rings is 1. The minimum Gasteiger partial charge on any atom is -0.496 e. The Labute approximate surface area is 113 Å². The van der Waals surface area contributed by atoms with E-state index in [1.165, 1.54) is 18.2 Å². The number of esters is 1. The standard InChI is InChI=1S/C15H20O4/c1-10-5-12(13(17-3)6-11(10)2)15(8-19-9-15)7-14(16)18-4/h5-6H,7-9H2,1-4H3. The van der Waals surface area contributed by atoms with Crippen molar-refractivity contribution in [1.82, 2.24) is 0 Å². The first kappa shape index (κ1) is 13.9. The molecule has 1 saturated heterocycles. The zero-order chi connectivity index (χ0) is 14.0. The second kappa shape index (κ2) is 5.21. The Morgan fingerprint density at radius 2 is 1.89 bits per heavy atom. The molecule has 0 bridgehead atoms. The Balaban J connectivity index is 2.43. The molecule has 1 aliphatic rings. The van der Waals surface area contributed by atoms with Crippen LogP contribution in [0.5, 0.6) is 5.75 Å². The van der Waals surface area contributed by atoms with Crippen LogP contribution in [0.3, 0.4) is 0 Å². The zero-order valence-electron chi connectivity index (χ0n) is 11.9. The van der Waals surface area contributed by atoms with Crippen LogP contribution < -0.4 is 4.74 Å². The first-order valence-electron chi connectivity index (χ1n) is 6.33. The number of aryl methyl sites for hydroxylation is 2. The Morgan fingerprint density at radius 3 is 2.37 bits per heavy atom. The summed E-state index contributed by atoms with van der Waals surface area (Å²) in [5.74, 6) is 0.596. The van der Waals surface area contributed by atoms with Gasteiger partial charge in [0.05, 0.1) is 39.3 Å². The third-order valence-electron chi connectivity index (χ3n) is 3.85. The summed E-state index contributed by atoms with van der Waals surface area (Å²) >= 11 is 0. The summed E-state index contributed by atoms with van der Waals surface area (Å²) in [7, 11) is 3.06. The molecule has 2 rings (SSSR count). The third kappa shape index (κ3) is 2.45. The lowest BCUT2D eigenvalue weighted by Gasteiger charge is -2.42. The van der Waals surface area contributed by atoms with Gasteiger partial charge < -0.3 is 14.2 Å². The predicted octanol–water partition coefficient (Wildman–Crippen LogP) is 2.14. The molecule has 0 N–H and O–H groups in total. The van der Waals surface area contributed by atoms with Gasteiger partial charge in [0.2, 0.25) is 0 Å². The van der Waals surface area contributed by atoms with Crippen molar-refractivity contribution in [2.24, 2.45) is 0 Å². The van der Waals surface area contributed by atoms with Crippen molar-refractivity contribution in [3.8, 4) is 5.75 Å². The van der Waals surface area contributed by atoms with E-state index >= 15 is 0 Å². The number of rotatable bonds is 4. The zero-order valence-corrected chi connectivity index (χ0v) is 11.9. The molecular formula is C15H20O4. The smallest absolute Gasteiger partial charge is 0.306 e. The minimum atomic E-state index is -0.309. The number of hydrogen-bond acceptors (Lipinski definition) is 4. The molecule has 4 nitrogen and oxygen atoms in total. The van der Waals surface area contributed by atoms with E-state index in [2.05, 4.69) is 13.0 Å². The normalized spacial score (nSPS) is 16.6. The molecule has 19 heavy (non-hydrogen) atoms. The number of hydrogen-bond donors (Lipinski definition) is 0. The Morgan fingerprint density at radius 1 is 1.26 bits per heavy atom. The lowest BCUT2D eigenvalue weighted by molar-refractivity contribution is -0.148. The molecule has 4 heteroatoms. The second-order valence-electron chi connectivity index (χ2n) is 5.16. The molecule has 1 fully saturated rings. The molecule has 0 spiro atoms. The number of carbonyl (C=O) groups excluding carboxylic acids is 1. The van der Waals surface area contributed by atoms with Crippen molar-refractivity contribution >= 4 is 5.97 Å². The highest BCUT2D eigenvalue weighted by Crippen LogP contribution is 2.42. The Hall–Kier alpha value is -1.55. The molecular weight excluding hydrogens is 244 g/mol. The molecule has 1 aliphatic heterocycles. The monoisotopic (exact) mass is 264 g/mol. The number of methoxy groups -OCH3 is 2. The highest BCUT2D eigenvalue weighted by atomic mass is 16.5. The van der Waals surface area contributed by atoms with E-state index in [-0.39, 0.29) is 11.4 Å². The Bertz CT molecular complexity index is 489. The van der Waals surface area contributed by atoms with Gasteiger partial charge in [0.1, 0.15) is 5.75 Å². The maximum absolute atomic E-state index is 11.6. The van der Waals surface area contributed by atoms with E-state index in [0.29, 0.717) is 19.6 Å². The van der Waals surface area contributed by atoms with Gasteiger partial charge in [-0.25, -0.2) is 0 Å². The van der Waals surface area contributed by atoms with E-state index < -0.39 is 0 Å². The SMILES string of the molecule is COC(=O)CC1(c2cc(C)c(C)cc2OC)COC1. The first-order valence-corrected chi connectivity index (χ1v) is 6.33. The van der Waals surface area contributed by atoms with Gasteiger partial charge in [-0.3, -0.25) is 4.79 Å². The van der Waals surface area contributed by atoms with Gasteiger partial charge in [-0.05, 0) is 31.0 Å². The molecule has 1 aromatic carbocycles. The fourth-order valence-electron chi connectivity index (χ4n) is 2.42. The van der Waals surface area contributed by atoms with Crippen molar-refractivity contribution in [3.63, 3.8) is 0 Å². The highest BCUT2D eigenvalue weighted by molar-refractivity contribution is 5.72. The summed E-state index contributed by atoms with van der Waals surface area (Å²) in [6.07, 6.45) is 0.322. The summed E-state index contributed by atoms with van der Waals surface area (Å²) in [6.45, 7) is 5.16. The van der Waals surface area contributed by atoms with Crippen LogP contribution in [0.15, 0.2) is 12.1 Å². The van der Waals surface area contributed by atoms with Crippen molar-refractivity contribution in [2.75, 3.05) is 27.4 Å². The van der Waals surface area contributed by atoms with Gasteiger partial charge in [0.15, 0.2) is 0 Å². The molecule has 0 aromatic heterocycles. The van der Waals surface area contributed by atoms with E-state index in [1.54, 1.807) is 7.11 Å². The minimum absolute atomic E-state index is 0.219. The summed E-state index contributed by atoms with van der Waals surface area (Å²) < 4.78 is 15.6. The highest BCUT2D eigenvalue weighted by Gasteiger charge is 2.44. The molecule has 0 aliphatic carbocycles. The molecule has 0 saturated carbocycles. The molecule has 0 atom stereocenters. The van der Waals surface area contributed by atoms with Gasteiger partial charge >= 0.3 is 5.97 Å². The molecule has 0 unspecified atom stereocenters. The van der Waals surface area contributed by atoms with Gasteiger partial charge in [0, 0.05) is 5.56 Å². The van der Waals surface area contributed by atoms with Gasteiger partial charge in [-0.1, -0.05) is 6.07 Å². The lowest BCUT2D eigenvalue weighted by atomic mass is 9.74. The molecule has 0 amide bonds. The molecule has 1 aromatic rings. The van der Waals surface area contributed by atoms with E-state index in [9.17, 15) is 4.79 Å². The number of ether oxygens (including phenoxy) is 3. The Kier molecular flexibility index (Phi) is 3.80. The van der Waals surface area contributed by atoms with Crippen LogP contribution in [0, 0.1) is 13.8 Å². The van der Waals surface area contributed by atoms with Crippen molar-refractivity contribution in [3.05, 3.63) is 28.8 Å². The maximum atomic E-state index is 11.6. The van der Waals surface area contributed by atoms with Gasteiger partial charge in [0.25, 0.3) is 0 Å². The number of carbonyl (C=O) groups is 1. The summed E-state index contributed by atoms with van der Waals surface area (Å²) in [5, 5.41) is 0. The average molecular weight is 264 g/mol. The summed E-state index contributed by atoms with van der Waals surface area (Å²) in [4.78, 5) is 11.6. The first-order chi connectivity index (χ1) is 9.02. The molecule has 1 heterocycles. The summed E-state index contributed by atoms with van der Waals surface area (Å²) in [5.41, 5.74) is 3.09. The molecule has 104 valence electrons. The summed E-state index contributed by atoms with van der Waals surface area (Å²) in [6, 6.07) is 4.11.